The number of nitrogens with one attached hydrogen (secondary N) is 1. The Balaban J connectivity index is 2.00. The Kier molecular flexibility index (Phi) is 4.13. The Bertz CT molecular complexity index is 1000. The molecule has 0 amide bonds. The normalized spacial score (nSPS) is 11.5. The minimum atomic E-state index is -3.69. The molecular formula is C17H17N3O3S. The summed E-state index contributed by atoms with van der Waals surface area (Å²) in [5, 5.41) is 9.34. The van der Waals surface area contributed by atoms with Crippen molar-refractivity contribution in [1.29, 1.82) is 0 Å². The summed E-state index contributed by atoms with van der Waals surface area (Å²) in [6, 6.07) is 13.9. The highest BCUT2D eigenvalue weighted by Crippen LogP contribution is 2.29. The Hall–Kier alpha value is -2.64. The van der Waals surface area contributed by atoms with Crippen molar-refractivity contribution in [3.05, 3.63) is 54.2 Å². The van der Waals surface area contributed by atoms with Crippen molar-refractivity contribution in [2.45, 2.75) is 11.8 Å². The van der Waals surface area contributed by atoms with Crippen LogP contribution in [-0.4, -0.2) is 20.5 Å². The molecule has 0 aliphatic rings. The van der Waals surface area contributed by atoms with Crippen molar-refractivity contribution in [2.75, 3.05) is 12.4 Å². The Morgan fingerprint density at radius 3 is 2.42 bits per heavy atom. The first kappa shape index (κ1) is 16.2. The molecule has 1 heterocycles. The molecule has 2 aromatic carbocycles. The van der Waals surface area contributed by atoms with Gasteiger partial charge in [-0.15, -0.1) is 0 Å². The number of sulfonamides is 1. The van der Waals surface area contributed by atoms with E-state index in [1.54, 1.807) is 19.2 Å². The fraction of sp³-hybridized carbons (Fsp3) is 0.118. The molecule has 0 aliphatic heterocycles. The van der Waals surface area contributed by atoms with Crippen molar-refractivity contribution >= 4 is 32.3 Å². The molecule has 3 N–H and O–H groups in total. The average Bonchev–Trinajstić information content (AvgIpc) is 2.53. The summed E-state index contributed by atoms with van der Waals surface area (Å²) in [7, 11) is -2.08. The molecule has 3 rings (SSSR count). The van der Waals surface area contributed by atoms with Gasteiger partial charge >= 0.3 is 0 Å². The molecule has 124 valence electrons. The molecule has 0 bridgehead atoms. The number of ether oxygens (including phenoxy) is 1. The lowest BCUT2D eigenvalue weighted by atomic mass is 10.1. The number of anilines is 2. The van der Waals surface area contributed by atoms with Crippen LogP contribution in [0, 0.1) is 6.92 Å². The molecule has 0 aliphatic carbocycles. The van der Waals surface area contributed by atoms with Crippen LogP contribution in [-0.2, 0) is 10.0 Å². The maximum atomic E-state index is 11.3. The molecule has 0 atom stereocenters. The molecule has 6 nitrogen and oxygen atoms in total. The first-order valence-electron chi connectivity index (χ1n) is 7.22. The van der Waals surface area contributed by atoms with Crippen molar-refractivity contribution < 1.29 is 13.2 Å². The quantitative estimate of drug-likeness (QED) is 0.759. The van der Waals surface area contributed by atoms with Crippen LogP contribution >= 0.6 is 0 Å². The lowest BCUT2D eigenvalue weighted by Crippen LogP contribution is -2.11. The SMILES string of the molecule is COc1ccc2c(Nc3ccc(S(N)(=O)=O)cc3)cc(C)nc2c1. The van der Waals surface area contributed by atoms with Crippen LogP contribution < -0.4 is 15.2 Å². The zero-order valence-corrected chi connectivity index (χ0v) is 14.1. The van der Waals surface area contributed by atoms with Gasteiger partial charge in [0, 0.05) is 28.5 Å². The number of rotatable bonds is 4. The van der Waals surface area contributed by atoms with Crippen molar-refractivity contribution in [3.63, 3.8) is 0 Å². The van der Waals surface area contributed by atoms with E-state index in [4.69, 9.17) is 9.88 Å². The number of primary sulfonamides is 1. The van der Waals surface area contributed by atoms with Gasteiger partial charge < -0.3 is 10.1 Å². The topological polar surface area (TPSA) is 94.3 Å². The first-order chi connectivity index (χ1) is 11.4. The standard InChI is InChI=1S/C17H17N3O3S/c1-11-9-16(15-8-5-13(23-2)10-17(15)19-11)20-12-3-6-14(7-4-12)24(18,21)22/h3-10H,1-2H3,(H,19,20)(H2,18,21,22). The second kappa shape index (κ2) is 6.10. The summed E-state index contributed by atoms with van der Waals surface area (Å²) >= 11 is 0. The molecule has 24 heavy (non-hydrogen) atoms. The molecule has 0 saturated heterocycles. The molecule has 3 aromatic rings. The van der Waals surface area contributed by atoms with Crippen LogP contribution in [0.25, 0.3) is 10.9 Å². The van der Waals surface area contributed by atoms with E-state index in [2.05, 4.69) is 10.3 Å². The smallest absolute Gasteiger partial charge is 0.238 e. The van der Waals surface area contributed by atoms with Crippen LogP contribution in [0.3, 0.4) is 0 Å². The van der Waals surface area contributed by atoms with Gasteiger partial charge in [0.05, 0.1) is 17.5 Å². The summed E-state index contributed by atoms with van der Waals surface area (Å²) in [5.74, 6) is 0.740. The highest BCUT2D eigenvalue weighted by molar-refractivity contribution is 7.89. The number of benzene rings is 2. The minimum Gasteiger partial charge on any atom is -0.497 e. The summed E-state index contributed by atoms with van der Waals surface area (Å²) in [4.78, 5) is 4.59. The Morgan fingerprint density at radius 1 is 1.08 bits per heavy atom. The number of pyridine rings is 1. The van der Waals surface area contributed by atoms with Gasteiger partial charge in [0.1, 0.15) is 5.75 Å². The molecule has 0 unspecified atom stereocenters. The maximum Gasteiger partial charge on any atom is 0.238 e. The van der Waals surface area contributed by atoms with E-state index in [-0.39, 0.29) is 4.90 Å². The lowest BCUT2D eigenvalue weighted by Gasteiger charge is -2.12. The summed E-state index contributed by atoms with van der Waals surface area (Å²) in [6.45, 7) is 1.91. The van der Waals surface area contributed by atoms with Crippen LogP contribution in [0.15, 0.2) is 53.4 Å². The van der Waals surface area contributed by atoms with Crippen molar-refractivity contribution in [3.8, 4) is 5.75 Å². The number of nitrogens with zero attached hydrogens (tertiary/aromatic N) is 1. The third kappa shape index (κ3) is 3.32. The van der Waals surface area contributed by atoms with Crippen LogP contribution in [0.2, 0.25) is 0 Å². The largest absolute Gasteiger partial charge is 0.497 e. The van der Waals surface area contributed by atoms with E-state index < -0.39 is 10.0 Å². The number of hydrogen-bond donors (Lipinski definition) is 2. The molecular weight excluding hydrogens is 326 g/mol. The van der Waals surface area contributed by atoms with Gasteiger partial charge in [0.2, 0.25) is 10.0 Å². The predicted molar refractivity (Wildman–Crippen MR) is 94.1 cm³/mol. The van der Waals surface area contributed by atoms with Gasteiger partial charge in [-0.1, -0.05) is 0 Å². The van der Waals surface area contributed by atoms with Gasteiger partial charge in [0.15, 0.2) is 0 Å². The summed E-state index contributed by atoms with van der Waals surface area (Å²) < 4.78 is 27.9. The average molecular weight is 343 g/mol. The number of aromatic nitrogens is 1. The minimum absolute atomic E-state index is 0.0774. The van der Waals surface area contributed by atoms with Gasteiger partial charge in [-0.3, -0.25) is 4.98 Å². The number of aryl methyl sites for hydroxylation is 1. The third-order valence-corrected chi connectivity index (χ3v) is 4.54. The van der Waals surface area contributed by atoms with Crippen molar-refractivity contribution in [1.82, 2.24) is 4.98 Å². The second-order valence-corrected chi connectivity index (χ2v) is 6.95. The molecule has 7 heteroatoms. The summed E-state index contributed by atoms with van der Waals surface area (Å²) in [6.07, 6.45) is 0. The van der Waals surface area contributed by atoms with E-state index in [0.29, 0.717) is 0 Å². The molecule has 0 radical (unpaired) electrons. The molecule has 1 aromatic heterocycles. The zero-order valence-electron chi connectivity index (χ0n) is 13.3. The van der Waals surface area contributed by atoms with E-state index in [9.17, 15) is 8.42 Å². The van der Waals surface area contributed by atoms with Gasteiger partial charge in [-0.2, -0.15) is 0 Å². The fourth-order valence-electron chi connectivity index (χ4n) is 2.45. The summed E-state index contributed by atoms with van der Waals surface area (Å²) in [5.41, 5.74) is 3.31. The lowest BCUT2D eigenvalue weighted by molar-refractivity contribution is 0.415. The fourth-order valence-corrected chi connectivity index (χ4v) is 2.97. The van der Waals surface area contributed by atoms with E-state index in [1.165, 1.54) is 12.1 Å². The van der Waals surface area contributed by atoms with E-state index in [0.717, 1.165) is 33.7 Å². The zero-order chi connectivity index (χ0) is 17.3. The van der Waals surface area contributed by atoms with Gasteiger partial charge in [0.25, 0.3) is 0 Å². The maximum absolute atomic E-state index is 11.3. The highest BCUT2D eigenvalue weighted by atomic mass is 32.2. The van der Waals surface area contributed by atoms with Crippen molar-refractivity contribution in [2.24, 2.45) is 5.14 Å². The predicted octanol–water partition coefficient (Wildman–Crippen LogP) is 2.94. The number of methoxy groups -OCH3 is 1. The van der Waals surface area contributed by atoms with Crippen LogP contribution in [0.1, 0.15) is 5.69 Å². The number of hydrogen-bond acceptors (Lipinski definition) is 5. The molecule has 0 spiro atoms. The van der Waals surface area contributed by atoms with Gasteiger partial charge in [-0.05, 0) is 49.4 Å². The number of fused-ring (bicyclic) bond motifs is 1. The molecule has 0 saturated carbocycles. The monoisotopic (exact) mass is 343 g/mol. The van der Waals surface area contributed by atoms with E-state index >= 15 is 0 Å². The van der Waals surface area contributed by atoms with E-state index in [1.807, 2.05) is 31.2 Å². The number of nitrogens with two attached hydrogens (primary N) is 1. The third-order valence-electron chi connectivity index (χ3n) is 3.61. The Labute approximate surface area is 140 Å². The highest BCUT2D eigenvalue weighted by Gasteiger charge is 2.09. The van der Waals surface area contributed by atoms with Crippen LogP contribution in [0.4, 0.5) is 11.4 Å². The van der Waals surface area contributed by atoms with Gasteiger partial charge in [-0.25, -0.2) is 13.6 Å². The Morgan fingerprint density at radius 2 is 1.79 bits per heavy atom. The second-order valence-electron chi connectivity index (χ2n) is 5.39. The first-order valence-corrected chi connectivity index (χ1v) is 8.77. The molecule has 0 fully saturated rings. The van der Waals surface area contributed by atoms with Crippen LogP contribution in [0.5, 0.6) is 5.75 Å².